The Hall–Kier alpha value is -0.890. The van der Waals surface area contributed by atoms with E-state index in [1.807, 2.05) is 0 Å². The van der Waals surface area contributed by atoms with E-state index in [9.17, 15) is 35.4 Å². The van der Waals surface area contributed by atoms with Crippen LogP contribution < -0.4 is 0 Å². The van der Waals surface area contributed by atoms with Crippen molar-refractivity contribution < 1.29 is 54.8 Å². The first kappa shape index (κ1) is 18.4. The predicted molar refractivity (Wildman–Crippen MR) is 67.6 cm³/mol. The zero-order valence-corrected chi connectivity index (χ0v) is 11.9. The number of carbonyl (C=O) groups excluding carboxylic acids is 1. The van der Waals surface area contributed by atoms with Gasteiger partial charge in [0.15, 0.2) is 18.5 Å². The maximum absolute atomic E-state index is 11.3. The molecule has 0 unspecified atom stereocenters. The Kier molecular flexibility index (Phi) is 5.89. The topological polar surface area (TPSA) is 186 Å². The monoisotopic (exact) mass is 340 g/mol. The molecule has 2 fully saturated rings. The first-order valence-electron chi connectivity index (χ1n) is 6.95. The minimum absolute atomic E-state index is 0.681. The van der Waals surface area contributed by atoms with Crippen molar-refractivity contribution in [1.29, 1.82) is 0 Å². The molecule has 7 N–H and O–H groups in total. The Labute approximate surface area is 130 Å². The van der Waals surface area contributed by atoms with Crippen LogP contribution in [0, 0.1) is 0 Å². The van der Waals surface area contributed by atoms with Crippen LogP contribution in [0.15, 0.2) is 0 Å². The Morgan fingerprint density at radius 1 is 0.870 bits per heavy atom. The molecule has 134 valence electrons. The maximum atomic E-state index is 11.3. The van der Waals surface area contributed by atoms with Gasteiger partial charge >= 0.3 is 5.97 Å². The lowest BCUT2D eigenvalue weighted by molar-refractivity contribution is -0.331. The van der Waals surface area contributed by atoms with Gasteiger partial charge in [-0.15, -0.1) is 0 Å². The summed E-state index contributed by atoms with van der Waals surface area (Å²) in [6.45, 7) is -1.42. The zero-order chi connectivity index (χ0) is 17.3. The SMILES string of the molecule is O=C1O[C@H](CO)[C@@H](O[C@H]2O[C@H](CO)[C@@H](O)[C@H](O)[C@H]2O)[C@H](O)[C@H]1O. The van der Waals surface area contributed by atoms with Crippen molar-refractivity contribution in [2.45, 2.75) is 55.1 Å². The fraction of sp³-hybridized carbons (Fsp3) is 0.917. The van der Waals surface area contributed by atoms with Gasteiger partial charge in [0.1, 0.15) is 36.6 Å². The molecule has 0 radical (unpaired) electrons. The van der Waals surface area contributed by atoms with Crippen LogP contribution >= 0.6 is 0 Å². The molecule has 0 aliphatic carbocycles. The van der Waals surface area contributed by atoms with Crippen LogP contribution in [0.1, 0.15) is 0 Å². The number of esters is 1. The highest BCUT2D eigenvalue weighted by molar-refractivity contribution is 5.76. The van der Waals surface area contributed by atoms with Crippen LogP contribution in [0.2, 0.25) is 0 Å². The normalized spacial score (nSPS) is 48.1. The molecule has 0 saturated carbocycles. The molecule has 2 heterocycles. The van der Waals surface area contributed by atoms with Crippen molar-refractivity contribution in [2.75, 3.05) is 13.2 Å². The van der Waals surface area contributed by atoms with Crippen molar-refractivity contribution >= 4 is 5.97 Å². The molecule has 0 aromatic heterocycles. The summed E-state index contributed by atoms with van der Waals surface area (Å²) in [5, 5.41) is 66.8. The van der Waals surface area contributed by atoms with Gasteiger partial charge in [-0.05, 0) is 0 Å². The zero-order valence-electron chi connectivity index (χ0n) is 11.9. The van der Waals surface area contributed by atoms with Crippen LogP contribution in [0.25, 0.3) is 0 Å². The van der Waals surface area contributed by atoms with E-state index < -0.39 is 74.3 Å². The van der Waals surface area contributed by atoms with Crippen molar-refractivity contribution in [2.24, 2.45) is 0 Å². The van der Waals surface area contributed by atoms with E-state index in [4.69, 9.17) is 14.6 Å². The molecular formula is C12H20O11. The summed E-state index contributed by atoms with van der Waals surface area (Å²) in [5.74, 6) is -1.15. The molecule has 9 atom stereocenters. The highest BCUT2D eigenvalue weighted by atomic mass is 16.7. The highest BCUT2D eigenvalue weighted by Crippen LogP contribution is 2.27. The molecule has 0 bridgehead atoms. The summed E-state index contributed by atoms with van der Waals surface area (Å²) in [6.07, 6.45) is -14.4. The van der Waals surface area contributed by atoms with Gasteiger partial charge in [0.2, 0.25) is 0 Å². The van der Waals surface area contributed by atoms with E-state index >= 15 is 0 Å². The summed E-state index contributed by atoms with van der Waals surface area (Å²) in [4.78, 5) is 11.3. The maximum Gasteiger partial charge on any atom is 0.338 e. The van der Waals surface area contributed by atoms with Crippen LogP contribution in [-0.2, 0) is 19.0 Å². The number of cyclic esters (lactones) is 1. The minimum atomic E-state index is -1.92. The van der Waals surface area contributed by atoms with E-state index in [1.54, 1.807) is 0 Å². The Balaban J connectivity index is 2.13. The molecule has 2 saturated heterocycles. The third-order valence-corrected chi connectivity index (χ3v) is 3.86. The summed E-state index contributed by atoms with van der Waals surface area (Å²) in [7, 11) is 0. The van der Waals surface area contributed by atoms with E-state index in [-0.39, 0.29) is 0 Å². The standard InChI is InChI=1S/C12H20O11/c13-1-3-5(15)6(16)9(19)12(22-3)23-10-4(2-14)21-11(20)8(18)7(10)17/h3-10,12-19H,1-2H2/t3-,4-,5-,6+,7-,8-,9-,10-,12-/m1/s1. The number of hydrogen-bond donors (Lipinski definition) is 7. The number of aliphatic hydroxyl groups excluding tert-OH is 7. The third-order valence-electron chi connectivity index (χ3n) is 3.86. The van der Waals surface area contributed by atoms with Gasteiger partial charge in [0.05, 0.1) is 13.2 Å². The summed E-state index contributed by atoms with van der Waals surface area (Å²) in [5.41, 5.74) is 0. The summed E-state index contributed by atoms with van der Waals surface area (Å²) >= 11 is 0. The van der Waals surface area contributed by atoms with Gasteiger partial charge in [-0.25, -0.2) is 4.79 Å². The molecule has 11 heteroatoms. The lowest BCUT2D eigenvalue weighted by Gasteiger charge is -2.43. The number of rotatable bonds is 4. The second-order valence-corrected chi connectivity index (χ2v) is 5.39. The van der Waals surface area contributed by atoms with E-state index in [1.165, 1.54) is 0 Å². The fourth-order valence-corrected chi connectivity index (χ4v) is 2.47. The molecule has 11 nitrogen and oxygen atoms in total. The number of hydrogen-bond acceptors (Lipinski definition) is 11. The first-order valence-corrected chi connectivity index (χ1v) is 6.95. The van der Waals surface area contributed by atoms with E-state index in [0.29, 0.717) is 0 Å². The molecule has 2 aliphatic rings. The van der Waals surface area contributed by atoms with Crippen LogP contribution in [0.5, 0.6) is 0 Å². The predicted octanol–water partition coefficient (Wildman–Crippen LogP) is -5.19. The summed E-state index contributed by atoms with van der Waals surface area (Å²) < 4.78 is 15.0. The highest BCUT2D eigenvalue weighted by Gasteiger charge is 2.50. The fourth-order valence-electron chi connectivity index (χ4n) is 2.47. The molecule has 2 aliphatic heterocycles. The second-order valence-electron chi connectivity index (χ2n) is 5.39. The van der Waals surface area contributed by atoms with Crippen molar-refractivity contribution in [3.8, 4) is 0 Å². The largest absolute Gasteiger partial charge is 0.455 e. The quantitative estimate of drug-likeness (QED) is 0.242. The Morgan fingerprint density at radius 3 is 2.04 bits per heavy atom. The third kappa shape index (κ3) is 3.47. The van der Waals surface area contributed by atoms with Gasteiger partial charge in [0, 0.05) is 0 Å². The molecule has 0 aromatic carbocycles. The van der Waals surface area contributed by atoms with Crippen molar-refractivity contribution in [3.63, 3.8) is 0 Å². The molecule has 23 heavy (non-hydrogen) atoms. The number of ether oxygens (including phenoxy) is 3. The van der Waals surface area contributed by atoms with E-state index in [2.05, 4.69) is 4.74 Å². The smallest absolute Gasteiger partial charge is 0.338 e. The second kappa shape index (κ2) is 7.34. The lowest BCUT2D eigenvalue weighted by Crippen LogP contribution is -2.63. The first-order chi connectivity index (χ1) is 10.8. The molecule has 0 aromatic rings. The van der Waals surface area contributed by atoms with Crippen LogP contribution in [0.4, 0.5) is 0 Å². The van der Waals surface area contributed by atoms with Crippen LogP contribution in [-0.4, -0.2) is 110 Å². The summed E-state index contributed by atoms with van der Waals surface area (Å²) in [6, 6.07) is 0. The molecule has 0 spiro atoms. The minimum Gasteiger partial charge on any atom is -0.455 e. The lowest BCUT2D eigenvalue weighted by atomic mass is 9.97. The van der Waals surface area contributed by atoms with Gasteiger partial charge < -0.3 is 50.0 Å². The van der Waals surface area contributed by atoms with Crippen molar-refractivity contribution in [3.05, 3.63) is 0 Å². The van der Waals surface area contributed by atoms with Crippen LogP contribution in [0.3, 0.4) is 0 Å². The van der Waals surface area contributed by atoms with Gasteiger partial charge in [0.25, 0.3) is 0 Å². The number of aliphatic hydroxyl groups is 7. The average Bonchev–Trinajstić information content (AvgIpc) is 2.55. The Bertz CT molecular complexity index is 414. The van der Waals surface area contributed by atoms with Gasteiger partial charge in [-0.1, -0.05) is 0 Å². The molecule has 2 rings (SSSR count). The van der Waals surface area contributed by atoms with Gasteiger partial charge in [-0.3, -0.25) is 0 Å². The van der Waals surface area contributed by atoms with Crippen molar-refractivity contribution in [1.82, 2.24) is 0 Å². The number of carbonyl (C=O) groups is 1. The molecule has 0 amide bonds. The van der Waals surface area contributed by atoms with Gasteiger partial charge in [-0.2, -0.15) is 0 Å². The molecular weight excluding hydrogens is 320 g/mol. The average molecular weight is 340 g/mol. The van der Waals surface area contributed by atoms with E-state index in [0.717, 1.165) is 0 Å². The Morgan fingerprint density at radius 2 is 1.48 bits per heavy atom.